The summed E-state index contributed by atoms with van der Waals surface area (Å²) in [6, 6.07) is 16.2. The van der Waals surface area contributed by atoms with E-state index in [1.165, 1.54) is 12.0 Å². The minimum Gasteiger partial charge on any atom is -0.493 e. The van der Waals surface area contributed by atoms with Crippen LogP contribution < -0.4 is 9.47 Å². The first-order valence-corrected chi connectivity index (χ1v) is 10.8. The topological polar surface area (TPSA) is 55.8 Å². The summed E-state index contributed by atoms with van der Waals surface area (Å²) in [7, 11) is 0. The van der Waals surface area contributed by atoms with Gasteiger partial charge >= 0.3 is 5.97 Å². The van der Waals surface area contributed by atoms with E-state index < -0.39 is 5.97 Å². The third-order valence-electron chi connectivity index (χ3n) is 6.13. The summed E-state index contributed by atoms with van der Waals surface area (Å²) in [5.41, 5.74) is 2.46. The van der Waals surface area contributed by atoms with Gasteiger partial charge in [0.05, 0.1) is 19.6 Å². The number of carboxylic acids is 1. The van der Waals surface area contributed by atoms with Crippen molar-refractivity contribution in [2.24, 2.45) is 5.41 Å². The highest BCUT2D eigenvalue weighted by Gasteiger charge is 2.39. The maximum Gasteiger partial charge on any atom is 0.303 e. The lowest BCUT2D eigenvalue weighted by Gasteiger charge is -2.41. The van der Waals surface area contributed by atoms with E-state index in [2.05, 4.69) is 39.0 Å². The van der Waals surface area contributed by atoms with Crippen LogP contribution in [-0.4, -0.2) is 24.3 Å². The average Bonchev–Trinajstić information content (AvgIpc) is 2.66. The van der Waals surface area contributed by atoms with Gasteiger partial charge in [0.1, 0.15) is 11.5 Å². The Labute approximate surface area is 180 Å². The monoisotopic (exact) mass is 410 g/mol. The van der Waals surface area contributed by atoms with E-state index in [1.807, 2.05) is 37.3 Å². The fourth-order valence-corrected chi connectivity index (χ4v) is 3.80. The average molecular weight is 411 g/mol. The lowest BCUT2D eigenvalue weighted by atomic mass is 9.70. The number of aliphatic carboxylic acids is 1. The molecular weight excluding hydrogens is 376 g/mol. The first kappa shape index (κ1) is 22.2. The number of rotatable bonds is 9. The lowest BCUT2D eigenvalue weighted by Crippen LogP contribution is -2.41. The number of hydrogen-bond donors (Lipinski definition) is 1. The molecule has 1 unspecified atom stereocenters. The molecule has 162 valence electrons. The quantitative estimate of drug-likeness (QED) is 0.535. The predicted molar refractivity (Wildman–Crippen MR) is 120 cm³/mol. The molecule has 4 heteroatoms. The number of ether oxygens (including phenoxy) is 2. The van der Waals surface area contributed by atoms with Gasteiger partial charge in [-0.25, -0.2) is 0 Å². The molecule has 4 nitrogen and oxygen atoms in total. The Morgan fingerprint density at radius 1 is 1.03 bits per heavy atom. The molecule has 0 heterocycles. The molecule has 1 aliphatic rings. The van der Waals surface area contributed by atoms with Gasteiger partial charge in [0.2, 0.25) is 0 Å². The Kier molecular flexibility index (Phi) is 6.74. The zero-order valence-electron chi connectivity index (χ0n) is 18.6. The summed E-state index contributed by atoms with van der Waals surface area (Å²) in [5, 5.41) is 8.96. The van der Waals surface area contributed by atoms with Crippen molar-refractivity contribution < 1.29 is 19.4 Å². The van der Waals surface area contributed by atoms with Gasteiger partial charge in [0, 0.05) is 5.41 Å². The van der Waals surface area contributed by atoms with E-state index in [-0.39, 0.29) is 23.2 Å². The van der Waals surface area contributed by atoms with E-state index in [0.29, 0.717) is 13.2 Å². The third-order valence-corrected chi connectivity index (χ3v) is 6.13. The second-order valence-corrected chi connectivity index (χ2v) is 9.78. The first-order valence-electron chi connectivity index (χ1n) is 10.8. The molecule has 0 spiro atoms. The first-order chi connectivity index (χ1) is 14.2. The van der Waals surface area contributed by atoms with Crippen LogP contribution >= 0.6 is 0 Å². The molecule has 2 aromatic carbocycles. The van der Waals surface area contributed by atoms with Crippen LogP contribution in [0, 0.1) is 5.41 Å². The zero-order valence-corrected chi connectivity index (χ0v) is 18.6. The molecule has 0 aliphatic heterocycles. The van der Waals surface area contributed by atoms with Gasteiger partial charge in [0.15, 0.2) is 0 Å². The maximum absolute atomic E-state index is 10.9. The second kappa shape index (κ2) is 9.11. The highest BCUT2D eigenvalue weighted by Crippen LogP contribution is 2.42. The van der Waals surface area contributed by atoms with Crippen molar-refractivity contribution in [2.45, 2.75) is 64.7 Å². The number of benzene rings is 2. The second-order valence-electron chi connectivity index (χ2n) is 9.78. The minimum atomic E-state index is -0.775. The van der Waals surface area contributed by atoms with Gasteiger partial charge in [-0.1, -0.05) is 58.4 Å². The molecule has 0 aromatic heterocycles. The van der Waals surface area contributed by atoms with E-state index in [0.717, 1.165) is 29.9 Å². The van der Waals surface area contributed by atoms with E-state index in [9.17, 15) is 4.79 Å². The van der Waals surface area contributed by atoms with Crippen molar-refractivity contribution in [1.82, 2.24) is 0 Å². The normalized spacial score (nSPS) is 16.4. The Balaban J connectivity index is 1.56. The van der Waals surface area contributed by atoms with Gasteiger partial charge in [-0.05, 0) is 59.6 Å². The van der Waals surface area contributed by atoms with Crippen LogP contribution in [0.15, 0.2) is 48.5 Å². The number of hydrogen-bond acceptors (Lipinski definition) is 3. The van der Waals surface area contributed by atoms with Crippen LogP contribution in [0.1, 0.15) is 70.4 Å². The smallest absolute Gasteiger partial charge is 0.303 e. The standard InChI is InChI=1S/C26H34O4/c1-19(15-24(27)28)20-9-11-22(12-10-20)29-17-26(13-6-14-26)18-30-23-8-5-7-21(16-23)25(2,3)4/h5,7-12,16,19H,6,13-15,17-18H2,1-4H3,(H,27,28). The summed E-state index contributed by atoms with van der Waals surface area (Å²) < 4.78 is 12.3. The van der Waals surface area contributed by atoms with Crippen molar-refractivity contribution in [2.75, 3.05) is 13.2 Å². The molecule has 1 fully saturated rings. The molecule has 1 N–H and O–H groups in total. The van der Waals surface area contributed by atoms with Gasteiger partial charge < -0.3 is 14.6 Å². The van der Waals surface area contributed by atoms with Crippen molar-refractivity contribution >= 4 is 5.97 Å². The largest absolute Gasteiger partial charge is 0.493 e. The van der Waals surface area contributed by atoms with Gasteiger partial charge in [-0.15, -0.1) is 0 Å². The van der Waals surface area contributed by atoms with Crippen LogP contribution in [-0.2, 0) is 10.2 Å². The van der Waals surface area contributed by atoms with Crippen molar-refractivity contribution in [3.8, 4) is 11.5 Å². The van der Waals surface area contributed by atoms with Crippen molar-refractivity contribution in [3.63, 3.8) is 0 Å². The highest BCUT2D eigenvalue weighted by atomic mass is 16.5. The molecule has 0 bridgehead atoms. The van der Waals surface area contributed by atoms with E-state index in [1.54, 1.807) is 0 Å². The summed E-state index contributed by atoms with van der Waals surface area (Å²) in [5.74, 6) is 0.960. The molecule has 1 atom stereocenters. The minimum absolute atomic E-state index is 0.00761. The van der Waals surface area contributed by atoms with E-state index >= 15 is 0 Å². The number of carboxylic acid groups (broad SMARTS) is 1. The maximum atomic E-state index is 10.9. The van der Waals surface area contributed by atoms with Crippen LogP contribution in [0.3, 0.4) is 0 Å². The SMILES string of the molecule is CC(CC(=O)O)c1ccc(OCC2(COc3cccc(C(C)(C)C)c3)CCC2)cc1. The van der Waals surface area contributed by atoms with E-state index in [4.69, 9.17) is 14.6 Å². The Bertz CT molecular complexity index is 844. The molecule has 2 aromatic rings. The molecule has 0 radical (unpaired) electrons. The summed E-state index contributed by atoms with van der Waals surface area (Å²) in [6.45, 7) is 9.85. The van der Waals surface area contributed by atoms with Crippen LogP contribution in [0.25, 0.3) is 0 Å². The summed E-state index contributed by atoms with van der Waals surface area (Å²) in [4.78, 5) is 10.9. The molecule has 1 saturated carbocycles. The van der Waals surface area contributed by atoms with Gasteiger partial charge in [-0.3, -0.25) is 4.79 Å². The molecule has 1 aliphatic carbocycles. The molecular formula is C26H34O4. The Morgan fingerprint density at radius 2 is 1.67 bits per heavy atom. The lowest BCUT2D eigenvalue weighted by molar-refractivity contribution is -0.137. The molecule has 3 rings (SSSR count). The van der Waals surface area contributed by atoms with Crippen LogP contribution in [0.4, 0.5) is 0 Å². The number of carbonyl (C=O) groups is 1. The summed E-state index contributed by atoms with van der Waals surface area (Å²) >= 11 is 0. The van der Waals surface area contributed by atoms with Crippen molar-refractivity contribution in [3.05, 3.63) is 59.7 Å². The fraction of sp³-hybridized carbons (Fsp3) is 0.500. The Hall–Kier alpha value is -2.49. The van der Waals surface area contributed by atoms with Crippen LogP contribution in [0.2, 0.25) is 0 Å². The highest BCUT2D eigenvalue weighted by molar-refractivity contribution is 5.68. The fourth-order valence-electron chi connectivity index (χ4n) is 3.80. The zero-order chi connectivity index (χ0) is 21.8. The summed E-state index contributed by atoms with van der Waals surface area (Å²) in [6.07, 6.45) is 3.57. The van der Waals surface area contributed by atoms with Crippen LogP contribution in [0.5, 0.6) is 11.5 Å². The third kappa shape index (κ3) is 5.78. The predicted octanol–water partition coefficient (Wildman–Crippen LogP) is 6.19. The Morgan fingerprint density at radius 3 is 2.20 bits per heavy atom. The van der Waals surface area contributed by atoms with Crippen molar-refractivity contribution in [1.29, 1.82) is 0 Å². The van der Waals surface area contributed by atoms with Gasteiger partial charge in [-0.2, -0.15) is 0 Å². The molecule has 30 heavy (non-hydrogen) atoms. The molecule has 0 amide bonds. The molecule has 0 saturated heterocycles. The van der Waals surface area contributed by atoms with Gasteiger partial charge in [0.25, 0.3) is 0 Å².